The fourth-order valence-electron chi connectivity index (χ4n) is 3.68. The molecule has 0 radical (unpaired) electrons. The highest BCUT2D eigenvalue weighted by Crippen LogP contribution is 2.26. The van der Waals surface area contributed by atoms with Crippen LogP contribution in [0.3, 0.4) is 0 Å². The Hall–Kier alpha value is -1.28. The van der Waals surface area contributed by atoms with Crippen molar-refractivity contribution < 1.29 is 4.74 Å². The Morgan fingerprint density at radius 1 is 1.10 bits per heavy atom. The predicted molar refractivity (Wildman–Crippen MR) is 87.8 cm³/mol. The fraction of sp³-hybridized carbons (Fsp3) is 0.579. The number of nitrogens with zero attached hydrogens (tertiary/aromatic N) is 1. The lowest BCUT2D eigenvalue weighted by Crippen LogP contribution is -2.41. The smallest absolute Gasteiger partial charge is 0.118 e. The summed E-state index contributed by atoms with van der Waals surface area (Å²) in [6, 6.07) is 9.32. The van der Waals surface area contributed by atoms with Crippen LogP contribution in [0.1, 0.15) is 37.7 Å². The van der Waals surface area contributed by atoms with Crippen molar-refractivity contribution in [1.29, 1.82) is 0 Å². The van der Waals surface area contributed by atoms with Gasteiger partial charge in [0.05, 0.1) is 7.11 Å². The molecule has 0 amide bonds. The minimum atomic E-state index is 0.723. The summed E-state index contributed by atoms with van der Waals surface area (Å²) < 4.78 is 5.23. The van der Waals surface area contributed by atoms with E-state index in [4.69, 9.17) is 4.74 Å². The SMILES string of the molecule is COc1ccc(CC2CCN(C3C=CCCC3)CC2)cc1. The lowest BCUT2D eigenvalue weighted by Gasteiger charge is -2.37. The van der Waals surface area contributed by atoms with Gasteiger partial charge in [-0.2, -0.15) is 0 Å². The van der Waals surface area contributed by atoms with Crippen LogP contribution < -0.4 is 4.74 Å². The van der Waals surface area contributed by atoms with Gasteiger partial charge in [-0.15, -0.1) is 0 Å². The third kappa shape index (κ3) is 3.88. The van der Waals surface area contributed by atoms with Gasteiger partial charge >= 0.3 is 0 Å². The van der Waals surface area contributed by atoms with Crippen LogP contribution in [0.5, 0.6) is 5.75 Å². The molecule has 3 rings (SSSR count). The maximum Gasteiger partial charge on any atom is 0.118 e. The van der Waals surface area contributed by atoms with Crippen molar-refractivity contribution in [2.24, 2.45) is 5.92 Å². The number of piperidine rings is 1. The number of benzene rings is 1. The quantitative estimate of drug-likeness (QED) is 0.774. The minimum Gasteiger partial charge on any atom is -0.497 e. The molecule has 114 valence electrons. The normalized spacial score (nSPS) is 24.1. The number of hydrogen-bond donors (Lipinski definition) is 0. The highest BCUT2D eigenvalue weighted by atomic mass is 16.5. The molecule has 1 atom stereocenters. The van der Waals surface area contributed by atoms with E-state index in [1.165, 1.54) is 57.2 Å². The summed E-state index contributed by atoms with van der Waals surface area (Å²) in [7, 11) is 1.73. The highest BCUT2D eigenvalue weighted by molar-refractivity contribution is 5.27. The molecule has 1 aromatic rings. The van der Waals surface area contributed by atoms with Gasteiger partial charge in [0.15, 0.2) is 0 Å². The zero-order valence-corrected chi connectivity index (χ0v) is 13.1. The van der Waals surface area contributed by atoms with Crippen LogP contribution in [0.2, 0.25) is 0 Å². The van der Waals surface area contributed by atoms with Crippen LogP contribution in [0.15, 0.2) is 36.4 Å². The maximum absolute atomic E-state index is 5.23. The Morgan fingerprint density at radius 3 is 2.48 bits per heavy atom. The summed E-state index contributed by atoms with van der Waals surface area (Å²) in [5.74, 6) is 1.81. The monoisotopic (exact) mass is 285 g/mol. The van der Waals surface area contributed by atoms with Gasteiger partial charge in [0.2, 0.25) is 0 Å². The van der Waals surface area contributed by atoms with E-state index in [1.54, 1.807) is 7.11 Å². The second kappa shape index (κ2) is 7.13. The van der Waals surface area contributed by atoms with E-state index in [0.717, 1.165) is 17.7 Å². The first-order valence-corrected chi connectivity index (χ1v) is 8.39. The lowest BCUT2D eigenvalue weighted by molar-refractivity contribution is 0.145. The van der Waals surface area contributed by atoms with Crippen LogP contribution >= 0.6 is 0 Å². The second-order valence-corrected chi connectivity index (χ2v) is 6.46. The van der Waals surface area contributed by atoms with E-state index < -0.39 is 0 Å². The molecule has 1 aliphatic heterocycles. The third-order valence-corrected chi connectivity index (χ3v) is 5.03. The summed E-state index contributed by atoms with van der Waals surface area (Å²) in [6.45, 7) is 2.55. The lowest BCUT2D eigenvalue weighted by atomic mass is 9.88. The molecule has 0 bridgehead atoms. The molecule has 0 spiro atoms. The van der Waals surface area contributed by atoms with Gasteiger partial charge in [-0.25, -0.2) is 0 Å². The van der Waals surface area contributed by atoms with Crippen molar-refractivity contribution in [2.75, 3.05) is 20.2 Å². The third-order valence-electron chi connectivity index (χ3n) is 5.03. The molecule has 1 heterocycles. The first-order chi connectivity index (χ1) is 10.3. The van der Waals surface area contributed by atoms with E-state index in [9.17, 15) is 0 Å². The first-order valence-electron chi connectivity index (χ1n) is 8.39. The van der Waals surface area contributed by atoms with Gasteiger partial charge in [0.1, 0.15) is 5.75 Å². The fourth-order valence-corrected chi connectivity index (χ4v) is 3.68. The topological polar surface area (TPSA) is 12.5 Å². The molecular weight excluding hydrogens is 258 g/mol. The van der Waals surface area contributed by atoms with Crippen molar-refractivity contribution in [2.45, 2.75) is 44.6 Å². The van der Waals surface area contributed by atoms with Crippen molar-refractivity contribution >= 4 is 0 Å². The largest absolute Gasteiger partial charge is 0.497 e. The zero-order chi connectivity index (χ0) is 14.5. The van der Waals surface area contributed by atoms with Gasteiger partial charge in [-0.3, -0.25) is 4.90 Å². The highest BCUT2D eigenvalue weighted by Gasteiger charge is 2.24. The number of allylic oxidation sites excluding steroid dienone is 1. The molecule has 1 aromatic carbocycles. The Kier molecular flexibility index (Phi) is 4.97. The maximum atomic E-state index is 5.23. The molecule has 1 unspecified atom stereocenters. The first kappa shape index (κ1) is 14.6. The van der Waals surface area contributed by atoms with Crippen LogP contribution in [0, 0.1) is 5.92 Å². The van der Waals surface area contributed by atoms with Gasteiger partial charge < -0.3 is 4.74 Å². The van der Waals surface area contributed by atoms with E-state index in [2.05, 4.69) is 41.3 Å². The van der Waals surface area contributed by atoms with E-state index >= 15 is 0 Å². The molecule has 2 heteroatoms. The summed E-state index contributed by atoms with van der Waals surface area (Å²) in [4.78, 5) is 2.69. The average molecular weight is 285 g/mol. The minimum absolute atomic E-state index is 0.723. The number of ether oxygens (including phenoxy) is 1. The average Bonchev–Trinajstić information content (AvgIpc) is 2.57. The molecule has 21 heavy (non-hydrogen) atoms. The zero-order valence-electron chi connectivity index (χ0n) is 13.1. The van der Waals surface area contributed by atoms with Crippen molar-refractivity contribution in [3.8, 4) is 5.75 Å². The van der Waals surface area contributed by atoms with Crippen molar-refractivity contribution in [3.63, 3.8) is 0 Å². The van der Waals surface area contributed by atoms with Crippen molar-refractivity contribution in [3.05, 3.63) is 42.0 Å². The van der Waals surface area contributed by atoms with Crippen molar-refractivity contribution in [1.82, 2.24) is 4.90 Å². The van der Waals surface area contributed by atoms with E-state index in [0.29, 0.717) is 0 Å². The number of rotatable bonds is 4. The van der Waals surface area contributed by atoms with Gasteiger partial charge in [-0.05, 0) is 75.2 Å². The molecule has 2 aliphatic rings. The Bertz CT molecular complexity index is 457. The molecule has 1 fully saturated rings. The van der Waals surface area contributed by atoms with Crippen LogP contribution in [-0.2, 0) is 6.42 Å². The summed E-state index contributed by atoms with van der Waals surface area (Å²) in [5.41, 5.74) is 1.45. The van der Waals surface area contributed by atoms with Crippen LogP contribution in [0.25, 0.3) is 0 Å². The molecule has 0 saturated carbocycles. The Morgan fingerprint density at radius 2 is 1.86 bits per heavy atom. The standard InChI is InChI=1S/C19H27NO/c1-21-19-9-7-16(8-10-19)15-17-11-13-20(14-12-17)18-5-3-2-4-6-18/h3,5,7-10,17-18H,2,4,6,11-15H2,1H3. The summed E-state index contributed by atoms with van der Waals surface area (Å²) in [6.07, 6.45) is 12.7. The Balaban J connectivity index is 1.48. The number of hydrogen-bond acceptors (Lipinski definition) is 2. The summed E-state index contributed by atoms with van der Waals surface area (Å²) >= 11 is 0. The Labute approximate surface area is 128 Å². The molecule has 2 nitrogen and oxygen atoms in total. The number of methoxy groups -OCH3 is 1. The molecule has 1 aliphatic carbocycles. The van der Waals surface area contributed by atoms with Gasteiger partial charge in [0.25, 0.3) is 0 Å². The van der Waals surface area contributed by atoms with Gasteiger partial charge in [0, 0.05) is 6.04 Å². The van der Waals surface area contributed by atoms with E-state index in [-0.39, 0.29) is 0 Å². The van der Waals surface area contributed by atoms with Gasteiger partial charge in [-0.1, -0.05) is 24.3 Å². The van der Waals surface area contributed by atoms with Crippen LogP contribution in [-0.4, -0.2) is 31.1 Å². The van der Waals surface area contributed by atoms with Crippen LogP contribution in [0.4, 0.5) is 0 Å². The summed E-state index contributed by atoms with van der Waals surface area (Å²) in [5, 5.41) is 0. The second-order valence-electron chi connectivity index (χ2n) is 6.46. The molecule has 0 N–H and O–H groups in total. The molecule has 1 saturated heterocycles. The molecular formula is C19H27NO. The van der Waals surface area contributed by atoms with E-state index in [1.807, 2.05) is 0 Å². The molecule has 0 aromatic heterocycles. The number of likely N-dealkylation sites (tertiary alicyclic amines) is 1. The predicted octanol–water partition coefficient (Wildman–Crippen LogP) is 4.06.